The number of benzene rings is 1. The van der Waals surface area contributed by atoms with Crippen LogP contribution in [0.3, 0.4) is 0 Å². The van der Waals surface area contributed by atoms with Crippen LogP contribution in [0, 0.1) is 5.92 Å². The second kappa shape index (κ2) is 6.44. The molecule has 1 aromatic carbocycles. The molecule has 1 atom stereocenters. The first-order valence-corrected chi connectivity index (χ1v) is 7.31. The van der Waals surface area contributed by atoms with Crippen LogP contribution in [0.5, 0.6) is 17.2 Å². The minimum absolute atomic E-state index is 0.195. The van der Waals surface area contributed by atoms with Crippen molar-refractivity contribution in [1.82, 2.24) is 5.32 Å². The van der Waals surface area contributed by atoms with E-state index < -0.39 is 0 Å². The molecule has 0 aromatic heterocycles. The van der Waals surface area contributed by atoms with Gasteiger partial charge in [0.2, 0.25) is 5.75 Å². The molecule has 3 N–H and O–H groups in total. The van der Waals surface area contributed by atoms with Gasteiger partial charge < -0.3 is 25.3 Å². The maximum absolute atomic E-state index is 12.6. The van der Waals surface area contributed by atoms with Crippen molar-refractivity contribution in [3.8, 4) is 17.2 Å². The zero-order chi connectivity index (χ0) is 16.3. The van der Waals surface area contributed by atoms with Gasteiger partial charge in [-0.1, -0.05) is 0 Å². The predicted molar refractivity (Wildman–Crippen MR) is 83.7 cm³/mol. The SMILES string of the molecule is COc1cc(C(=O)NC(C)(CN)C2CC2)cc(OC)c1OC. The number of carbonyl (C=O) groups is 1. The monoisotopic (exact) mass is 308 g/mol. The van der Waals surface area contributed by atoms with E-state index in [0.29, 0.717) is 35.3 Å². The fourth-order valence-corrected chi connectivity index (χ4v) is 2.58. The van der Waals surface area contributed by atoms with Gasteiger partial charge in [0.15, 0.2) is 11.5 Å². The number of nitrogens with one attached hydrogen (secondary N) is 1. The highest BCUT2D eigenvalue weighted by molar-refractivity contribution is 5.96. The van der Waals surface area contributed by atoms with Crippen molar-refractivity contribution < 1.29 is 19.0 Å². The highest BCUT2D eigenvalue weighted by Crippen LogP contribution is 2.40. The molecule has 2 rings (SSSR count). The molecule has 0 bridgehead atoms. The van der Waals surface area contributed by atoms with Gasteiger partial charge in [0.25, 0.3) is 5.91 Å². The Bertz CT molecular complexity index is 532. The molecule has 1 aliphatic carbocycles. The summed E-state index contributed by atoms with van der Waals surface area (Å²) in [6.45, 7) is 2.40. The van der Waals surface area contributed by atoms with Crippen molar-refractivity contribution in [1.29, 1.82) is 0 Å². The number of rotatable bonds is 7. The van der Waals surface area contributed by atoms with Gasteiger partial charge in [0.1, 0.15) is 0 Å². The summed E-state index contributed by atoms with van der Waals surface area (Å²) in [6.07, 6.45) is 2.20. The molecule has 22 heavy (non-hydrogen) atoms. The largest absolute Gasteiger partial charge is 0.493 e. The molecule has 6 heteroatoms. The van der Waals surface area contributed by atoms with Crippen LogP contribution in [0.2, 0.25) is 0 Å². The van der Waals surface area contributed by atoms with Gasteiger partial charge in [0, 0.05) is 12.1 Å². The topological polar surface area (TPSA) is 82.8 Å². The lowest BCUT2D eigenvalue weighted by molar-refractivity contribution is 0.0897. The first-order chi connectivity index (χ1) is 10.5. The van der Waals surface area contributed by atoms with E-state index in [-0.39, 0.29) is 11.4 Å². The Labute approximate surface area is 130 Å². The van der Waals surface area contributed by atoms with Crippen molar-refractivity contribution in [3.05, 3.63) is 17.7 Å². The Kier molecular flexibility index (Phi) is 4.81. The summed E-state index contributed by atoms with van der Waals surface area (Å²) in [5, 5.41) is 3.05. The van der Waals surface area contributed by atoms with Crippen LogP contribution < -0.4 is 25.3 Å². The van der Waals surface area contributed by atoms with Crippen LogP contribution in [-0.2, 0) is 0 Å². The third-order valence-electron chi connectivity index (χ3n) is 4.23. The zero-order valence-corrected chi connectivity index (χ0v) is 13.6. The lowest BCUT2D eigenvalue weighted by atomic mass is 9.95. The van der Waals surface area contributed by atoms with Crippen LogP contribution >= 0.6 is 0 Å². The minimum atomic E-state index is -0.377. The summed E-state index contributed by atoms with van der Waals surface area (Å²) < 4.78 is 15.8. The maximum atomic E-state index is 12.6. The molecule has 1 unspecified atom stereocenters. The van der Waals surface area contributed by atoms with Gasteiger partial charge in [-0.15, -0.1) is 0 Å². The molecule has 1 fully saturated rings. The minimum Gasteiger partial charge on any atom is -0.493 e. The Morgan fingerprint density at radius 3 is 2.14 bits per heavy atom. The highest BCUT2D eigenvalue weighted by atomic mass is 16.5. The first-order valence-electron chi connectivity index (χ1n) is 7.31. The summed E-state index contributed by atoms with van der Waals surface area (Å²) in [5.41, 5.74) is 5.92. The Morgan fingerprint density at radius 2 is 1.77 bits per heavy atom. The Balaban J connectivity index is 2.29. The van der Waals surface area contributed by atoms with Gasteiger partial charge in [-0.2, -0.15) is 0 Å². The Morgan fingerprint density at radius 1 is 1.23 bits per heavy atom. The number of nitrogens with two attached hydrogens (primary N) is 1. The van der Waals surface area contributed by atoms with E-state index in [1.807, 2.05) is 6.92 Å². The maximum Gasteiger partial charge on any atom is 0.252 e. The smallest absolute Gasteiger partial charge is 0.252 e. The van der Waals surface area contributed by atoms with Crippen LogP contribution in [-0.4, -0.2) is 39.3 Å². The fraction of sp³-hybridized carbons (Fsp3) is 0.562. The lowest BCUT2D eigenvalue weighted by Gasteiger charge is -2.29. The van der Waals surface area contributed by atoms with Crippen LogP contribution in [0.1, 0.15) is 30.1 Å². The van der Waals surface area contributed by atoms with Crippen molar-refractivity contribution in [3.63, 3.8) is 0 Å². The van der Waals surface area contributed by atoms with Crippen molar-refractivity contribution in [2.75, 3.05) is 27.9 Å². The molecule has 0 spiro atoms. The van der Waals surface area contributed by atoms with E-state index in [0.717, 1.165) is 12.8 Å². The molecule has 0 heterocycles. The molecule has 0 saturated heterocycles. The molecule has 6 nitrogen and oxygen atoms in total. The average Bonchev–Trinajstić information content (AvgIpc) is 3.38. The second-order valence-electron chi connectivity index (χ2n) is 5.76. The van der Waals surface area contributed by atoms with Crippen LogP contribution in [0.4, 0.5) is 0 Å². The molecule has 0 radical (unpaired) electrons. The molecule has 1 aliphatic rings. The quantitative estimate of drug-likeness (QED) is 0.799. The van der Waals surface area contributed by atoms with E-state index in [2.05, 4.69) is 5.32 Å². The predicted octanol–water partition coefficient (Wildman–Crippen LogP) is 1.57. The van der Waals surface area contributed by atoms with Crippen molar-refractivity contribution in [2.24, 2.45) is 11.7 Å². The van der Waals surface area contributed by atoms with E-state index in [1.54, 1.807) is 12.1 Å². The number of ether oxygens (including phenoxy) is 3. The fourth-order valence-electron chi connectivity index (χ4n) is 2.58. The van der Waals surface area contributed by atoms with Crippen molar-refractivity contribution in [2.45, 2.75) is 25.3 Å². The summed E-state index contributed by atoms with van der Waals surface area (Å²) in [6, 6.07) is 3.28. The van der Waals surface area contributed by atoms with E-state index in [4.69, 9.17) is 19.9 Å². The molecule has 0 aliphatic heterocycles. The molecular formula is C16H24N2O4. The zero-order valence-electron chi connectivity index (χ0n) is 13.6. The van der Waals surface area contributed by atoms with Gasteiger partial charge in [0.05, 0.1) is 26.9 Å². The van der Waals surface area contributed by atoms with Gasteiger partial charge in [-0.05, 0) is 37.8 Å². The van der Waals surface area contributed by atoms with E-state index in [9.17, 15) is 4.79 Å². The molecular weight excluding hydrogens is 284 g/mol. The third kappa shape index (κ3) is 3.11. The van der Waals surface area contributed by atoms with Gasteiger partial charge in [-0.3, -0.25) is 4.79 Å². The summed E-state index contributed by atoms with van der Waals surface area (Å²) in [4.78, 5) is 12.6. The number of hydrogen-bond acceptors (Lipinski definition) is 5. The van der Waals surface area contributed by atoms with Gasteiger partial charge >= 0.3 is 0 Å². The first kappa shape index (κ1) is 16.4. The number of hydrogen-bond donors (Lipinski definition) is 2. The molecule has 122 valence electrons. The number of amides is 1. The van der Waals surface area contributed by atoms with E-state index >= 15 is 0 Å². The van der Waals surface area contributed by atoms with Crippen LogP contribution in [0.25, 0.3) is 0 Å². The highest BCUT2D eigenvalue weighted by Gasteiger charge is 2.41. The standard InChI is InChI=1S/C16H24N2O4/c1-16(9-17,11-5-6-11)18-15(19)10-7-12(20-2)14(22-4)13(8-10)21-3/h7-8,11H,5-6,9,17H2,1-4H3,(H,18,19). The van der Waals surface area contributed by atoms with Crippen LogP contribution in [0.15, 0.2) is 12.1 Å². The third-order valence-corrected chi connectivity index (χ3v) is 4.23. The molecule has 1 saturated carbocycles. The number of carbonyl (C=O) groups excluding carboxylic acids is 1. The summed E-state index contributed by atoms with van der Waals surface area (Å²) >= 11 is 0. The van der Waals surface area contributed by atoms with E-state index in [1.165, 1.54) is 21.3 Å². The van der Waals surface area contributed by atoms with Crippen molar-refractivity contribution >= 4 is 5.91 Å². The molecule has 1 amide bonds. The van der Waals surface area contributed by atoms with Gasteiger partial charge in [-0.25, -0.2) is 0 Å². The summed E-state index contributed by atoms with van der Waals surface area (Å²) in [7, 11) is 4.57. The number of methoxy groups -OCH3 is 3. The lowest BCUT2D eigenvalue weighted by Crippen LogP contribution is -2.53. The molecule has 1 aromatic rings. The Hall–Kier alpha value is -1.95. The second-order valence-corrected chi connectivity index (χ2v) is 5.76. The summed E-state index contributed by atoms with van der Waals surface area (Å²) in [5.74, 6) is 1.62. The normalized spacial score (nSPS) is 16.6. The average molecular weight is 308 g/mol.